The third kappa shape index (κ3) is 10.9. The van der Waals surface area contributed by atoms with Crippen LogP contribution < -0.4 is 15.4 Å². The number of phenolic OH excluding ortho intramolecular Hbond substituents is 2. The molecule has 2 amide bonds. The molecule has 11 N–H and O–H groups in total. The Hall–Kier alpha value is -5.77. The number of nitrogens with one attached hydrogen (secondary N) is 2. The highest BCUT2D eigenvalue weighted by molar-refractivity contribution is 7.66. The Labute approximate surface area is 383 Å². The first kappa shape index (κ1) is 50.1. The molecule has 3 aromatic carbocycles. The number of phosphoric acid groups is 3. The topological polar surface area (TPSA) is 386 Å². The van der Waals surface area contributed by atoms with Crippen LogP contribution in [0.25, 0.3) is 0 Å². The molecule has 1 spiro atoms. The van der Waals surface area contributed by atoms with Gasteiger partial charge < -0.3 is 74.5 Å². The monoisotopic (exact) mass is 1010 g/mol. The van der Waals surface area contributed by atoms with Gasteiger partial charge in [0.05, 0.1) is 30.5 Å². The lowest BCUT2D eigenvalue weighted by atomic mass is 9.77. The summed E-state index contributed by atoms with van der Waals surface area (Å²) in [5.41, 5.74) is -0.686. The lowest BCUT2D eigenvalue weighted by Crippen LogP contribution is -2.34. The molecule has 1 aromatic heterocycles. The highest BCUT2D eigenvalue weighted by Crippen LogP contribution is 2.66. The highest BCUT2D eigenvalue weighted by atomic mass is 31.3. The van der Waals surface area contributed by atoms with Crippen molar-refractivity contribution in [2.75, 3.05) is 19.7 Å². The Morgan fingerprint density at radius 3 is 2.16 bits per heavy atom. The smallest absolute Gasteiger partial charge is 0.490 e. The lowest BCUT2D eigenvalue weighted by Gasteiger charge is -2.36. The fraction of sp³-hybridized carbons (Fsp3) is 0.300. The molecule has 1 saturated heterocycles. The normalized spacial score (nSPS) is 21.1. The summed E-state index contributed by atoms with van der Waals surface area (Å²) in [5.74, 6) is 2.87. The number of aromatic nitrogens is 1. The number of rotatable bonds is 17. The van der Waals surface area contributed by atoms with Gasteiger partial charge in [0, 0.05) is 59.1 Å². The van der Waals surface area contributed by atoms with E-state index in [9.17, 15) is 68.2 Å². The molecular formula is C40H40N3O22P3. The number of amides is 2. The van der Waals surface area contributed by atoms with E-state index in [1.807, 2.05) is 0 Å². The number of carbonyl (C=O) groups is 4. The molecule has 3 aliphatic rings. The van der Waals surface area contributed by atoms with Crippen molar-refractivity contribution in [1.82, 2.24) is 15.2 Å². The molecule has 1 fully saturated rings. The van der Waals surface area contributed by atoms with Gasteiger partial charge in [-0.15, -0.1) is 0 Å². The Morgan fingerprint density at radius 2 is 1.54 bits per heavy atom. The van der Waals surface area contributed by atoms with Gasteiger partial charge in [-0.3, -0.25) is 18.9 Å². The average molecular weight is 1010 g/mol. The minimum Gasteiger partial charge on any atom is -0.508 e. The van der Waals surface area contributed by atoms with E-state index < -0.39 is 90.6 Å². The lowest BCUT2D eigenvalue weighted by molar-refractivity contribution is -0.121. The number of hydrogen-bond donors (Lipinski definition) is 11. The second kappa shape index (κ2) is 19.7. The fourth-order valence-electron chi connectivity index (χ4n) is 7.69. The third-order valence-corrected chi connectivity index (χ3v) is 14.4. The van der Waals surface area contributed by atoms with Gasteiger partial charge in [0.15, 0.2) is 18.1 Å². The maximum atomic E-state index is 13.6. The number of nitrogens with zero attached hydrogens (tertiary/aromatic N) is 1. The molecule has 0 aliphatic carbocycles. The van der Waals surface area contributed by atoms with Crippen LogP contribution in [0.3, 0.4) is 0 Å². The zero-order chi connectivity index (χ0) is 49.3. The van der Waals surface area contributed by atoms with Crippen molar-refractivity contribution in [3.8, 4) is 34.8 Å². The van der Waals surface area contributed by atoms with Crippen LogP contribution in [-0.4, -0.2) is 118 Å². The van der Waals surface area contributed by atoms with E-state index in [0.717, 1.165) is 0 Å². The number of esters is 1. The van der Waals surface area contributed by atoms with E-state index in [1.165, 1.54) is 71.4 Å². The number of hydrogen-bond acceptors (Lipinski definition) is 18. The van der Waals surface area contributed by atoms with E-state index >= 15 is 0 Å². The number of benzene rings is 3. The molecule has 4 aromatic rings. The number of fused-ring (bicyclic) bond motifs is 6. The van der Waals surface area contributed by atoms with Gasteiger partial charge in [-0.1, -0.05) is 17.9 Å². The second-order valence-electron chi connectivity index (χ2n) is 15.2. The summed E-state index contributed by atoms with van der Waals surface area (Å²) in [5, 5.41) is 55.1. The summed E-state index contributed by atoms with van der Waals surface area (Å²) < 4.78 is 67.2. The quantitative estimate of drug-likeness (QED) is 0.0310. The van der Waals surface area contributed by atoms with Gasteiger partial charge in [0.25, 0.3) is 5.91 Å². The molecule has 3 unspecified atom stereocenters. The maximum absolute atomic E-state index is 13.6. The molecule has 28 heteroatoms. The van der Waals surface area contributed by atoms with E-state index in [4.69, 9.17) is 28.5 Å². The molecule has 0 bridgehead atoms. The van der Waals surface area contributed by atoms with Crippen molar-refractivity contribution in [2.24, 2.45) is 0 Å². The van der Waals surface area contributed by atoms with Crippen LogP contribution >= 0.6 is 23.5 Å². The van der Waals surface area contributed by atoms with Gasteiger partial charge in [0.1, 0.15) is 41.3 Å². The van der Waals surface area contributed by atoms with Gasteiger partial charge in [-0.05, 0) is 55.3 Å². The molecule has 7 rings (SSSR count). The predicted molar refractivity (Wildman–Crippen MR) is 226 cm³/mol. The summed E-state index contributed by atoms with van der Waals surface area (Å²) in [7, 11) is -17.4. The van der Waals surface area contributed by atoms with Crippen molar-refractivity contribution in [2.45, 2.75) is 55.5 Å². The largest absolute Gasteiger partial charge is 0.508 e. The van der Waals surface area contributed by atoms with E-state index in [2.05, 4.69) is 31.1 Å². The van der Waals surface area contributed by atoms with E-state index in [-0.39, 0.29) is 76.8 Å². The minimum absolute atomic E-state index is 0.0276. The zero-order valence-corrected chi connectivity index (χ0v) is 37.4. The second-order valence-corrected chi connectivity index (χ2v) is 19.6. The Kier molecular flexibility index (Phi) is 14.5. The molecule has 7 atom stereocenters. The standard InChI is InChI=1S/C40H40N3O22P3/c44-19-23-13-21(18-43(23)38-36(50)35(49)33(20-45)61-38)3-2-12-41-34(48)5-1-4-26(63-67(56,57)65-68(58,59)64-66(53,54)55)17-42-37(51)22-6-9-28-27(14-22)39(52)62-40(28)29-10-7-24(46)15-31(29)60-32-16-25(47)8-11-30(32)40/h6-11,13-16,18-19,26,33,35-36,38,45-47,49-50H,1,4-5,12,17,20H2,(H,41,48)(H,42,51)(H,56,57)(H,58,59)(H2,53,54,55)/t26?,33-,35-,36-,38-/m1/s1. The van der Waals surface area contributed by atoms with Crippen LogP contribution in [0.15, 0.2) is 66.9 Å². The Morgan fingerprint density at radius 1 is 0.882 bits per heavy atom. The first-order valence-corrected chi connectivity index (χ1v) is 24.4. The number of aliphatic hydroxyl groups is 3. The number of phosphoric ester groups is 1. The zero-order valence-electron chi connectivity index (χ0n) is 34.7. The molecule has 25 nitrogen and oxygen atoms in total. The number of ether oxygens (including phenoxy) is 3. The number of aliphatic hydroxyl groups excluding tert-OH is 3. The summed E-state index contributed by atoms with van der Waals surface area (Å²) in [6.07, 6.45) is -5.79. The van der Waals surface area contributed by atoms with Crippen LogP contribution in [0.2, 0.25) is 0 Å². The first-order chi connectivity index (χ1) is 32.0. The maximum Gasteiger partial charge on any atom is 0.490 e. The summed E-state index contributed by atoms with van der Waals surface area (Å²) >= 11 is 0. The van der Waals surface area contributed by atoms with Crippen molar-refractivity contribution in [1.29, 1.82) is 0 Å². The van der Waals surface area contributed by atoms with Crippen LogP contribution in [0.1, 0.15) is 78.9 Å². The fourth-order valence-corrected chi connectivity index (χ4v) is 10.9. The highest BCUT2D eigenvalue weighted by Gasteiger charge is 2.54. The molecule has 4 heterocycles. The molecule has 362 valence electrons. The van der Waals surface area contributed by atoms with Gasteiger partial charge in [-0.25, -0.2) is 18.5 Å². The molecule has 0 radical (unpaired) electrons. The van der Waals surface area contributed by atoms with Crippen LogP contribution in [-0.2, 0) is 46.7 Å². The van der Waals surface area contributed by atoms with Crippen LogP contribution in [0.5, 0.6) is 23.0 Å². The van der Waals surface area contributed by atoms with E-state index in [1.54, 1.807) is 0 Å². The van der Waals surface area contributed by atoms with Crippen molar-refractivity contribution in [3.63, 3.8) is 0 Å². The predicted octanol–water partition coefficient (Wildman–Crippen LogP) is 1.67. The molecular weight excluding hydrogens is 967 g/mol. The van der Waals surface area contributed by atoms with Gasteiger partial charge >= 0.3 is 29.4 Å². The first-order valence-electron chi connectivity index (χ1n) is 19.9. The van der Waals surface area contributed by atoms with E-state index in [0.29, 0.717) is 17.4 Å². The SMILES string of the molecule is O=Cc1cc(C#CCNC(=O)CCCC(CNC(=O)c2ccc3c(c2)C(=O)OC32c3ccc(O)cc3Oc3cc(O)ccc32)OP(=O)(O)OP(=O)(O)OP(=O)(O)O)cn1[C@@H]1O[C@H](CO)[C@@H](O)[C@H]1O. The number of aromatic hydroxyl groups is 2. The Bertz CT molecular complexity index is 2820. The summed E-state index contributed by atoms with van der Waals surface area (Å²) in [4.78, 5) is 89.3. The molecule has 0 saturated carbocycles. The third-order valence-electron chi connectivity index (χ3n) is 10.6. The van der Waals surface area contributed by atoms with Crippen molar-refractivity contribution >= 4 is 47.5 Å². The van der Waals surface area contributed by atoms with Gasteiger partial charge in [-0.2, -0.15) is 8.62 Å². The summed E-state index contributed by atoms with van der Waals surface area (Å²) in [6, 6.07) is 13.5. The van der Waals surface area contributed by atoms with Crippen molar-refractivity contribution < 1.29 is 105 Å². The Balaban J connectivity index is 1.02. The molecule has 3 aliphatic heterocycles. The van der Waals surface area contributed by atoms with Gasteiger partial charge in [0.2, 0.25) is 5.91 Å². The van der Waals surface area contributed by atoms with Crippen LogP contribution in [0.4, 0.5) is 0 Å². The number of carbonyl (C=O) groups excluding carboxylic acids is 4. The molecule has 68 heavy (non-hydrogen) atoms. The number of phenols is 2. The number of aldehydes is 1. The minimum atomic E-state index is -5.95. The van der Waals surface area contributed by atoms with Crippen LogP contribution in [0, 0.1) is 11.8 Å². The average Bonchev–Trinajstić information content (AvgIpc) is 3.89. The van der Waals surface area contributed by atoms with Crippen molar-refractivity contribution in [3.05, 3.63) is 106 Å². The summed E-state index contributed by atoms with van der Waals surface area (Å²) in [6.45, 7) is -1.49.